The van der Waals surface area contributed by atoms with Gasteiger partial charge in [0.25, 0.3) is 0 Å². The van der Waals surface area contributed by atoms with Crippen LogP contribution in [-0.4, -0.2) is 32.7 Å². The van der Waals surface area contributed by atoms with Gasteiger partial charge >= 0.3 is 0 Å². The molecule has 1 unspecified atom stereocenters. The fourth-order valence-corrected chi connectivity index (χ4v) is 1.67. The number of hydrogen-bond donors (Lipinski definition) is 2. The van der Waals surface area contributed by atoms with Crippen LogP contribution in [0, 0.1) is 5.82 Å². The maximum Gasteiger partial charge on any atom is 0.191 e. The molecular formula is C14H22FN3O. The zero-order chi connectivity index (χ0) is 14.3. The summed E-state index contributed by atoms with van der Waals surface area (Å²) in [5, 5.41) is 6.38. The molecule has 1 aromatic rings. The number of methoxy groups -OCH3 is 1. The lowest BCUT2D eigenvalue weighted by molar-refractivity contribution is 0.106. The summed E-state index contributed by atoms with van der Waals surface area (Å²) in [5.41, 5.74) is 0.927. The van der Waals surface area contributed by atoms with Gasteiger partial charge in [-0.25, -0.2) is 4.39 Å². The van der Waals surface area contributed by atoms with E-state index in [0.29, 0.717) is 12.6 Å². The molecule has 1 atom stereocenters. The Morgan fingerprint density at radius 3 is 2.42 bits per heavy atom. The molecular weight excluding hydrogens is 245 g/mol. The highest BCUT2D eigenvalue weighted by atomic mass is 19.1. The number of halogens is 1. The summed E-state index contributed by atoms with van der Waals surface area (Å²) in [6.07, 6.45) is -0.147. The number of nitrogens with one attached hydrogen (secondary N) is 2. The summed E-state index contributed by atoms with van der Waals surface area (Å²) in [4.78, 5) is 4.12. The Labute approximate surface area is 114 Å². The minimum atomic E-state index is -0.246. The quantitative estimate of drug-likeness (QED) is 0.634. The Bertz CT molecular complexity index is 404. The van der Waals surface area contributed by atoms with Crippen LogP contribution < -0.4 is 10.6 Å². The number of benzene rings is 1. The van der Waals surface area contributed by atoms with Crippen molar-refractivity contribution < 1.29 is 9.13 Å². The van der Waals surface area contributed by atoms with Crippen LogP contribution >= 0.6 is 0 Å². The maximum atomic E-state index is 12.9. The molecule has 0 aliphatic heterocycles. The monoisotopic (exact) mass is 267 g/mol. The third kappa shape index (κ3) is 5.26. The molecule has 0 aliphatic rings. The van der Waals surface area contributed by atoms with Gasteiger partial charge in [-0.05, 0) is 31.5 Å². The van der Waals surface area contributed by atoms with Gasteiger partial charge in [-0.1, -0.05) is 12.1 Å². The predicted octanol–water partition coefficient (Wildman–Crippen LogP) is 2.09. The Balaban J connectivity index is 2.60. The summed E-state index contributed by atoms with van der Waals surface area (Å²) in [6.45, 7) is 4.65. The second-order valence-electron chi connectivity index (χ2n) is 4.53. The Morgan fingerprint density at radius 2 is 1.95 bits per heavy atom. The number of hydrogen-bond acceptors (Lipinski definition) is 2. The topological polar surface area (TPSA) is 45.7 Å². The molecule has 4 nitrogen and oxygen atoms in total. The van der Waals surface area contributed by atoms with Gasteiger partial charge in [0.15, 0.2) is 5.96 Å². The molecule has 0 heterocycles. The van der Waals surface area contributed by atoms with Gasteiger partial charge in [0.05, 0.1) is 6.10 Å². The normalized spacial score (nSPS) is 13.5. The highest BCUT2D eigenvalue weighted by Gasteiger charge is 2.11. The molecule has 0 saturated heterocycles. The number of nitrogens with zero attached hydrogens (tertiary/aromatic N) is 1. The zero-order valence-electron chi connectivity index (χ0n) is 11.9. The number of guanidine groups is 1. The van der Waals surface area contributed by atoms with Gasteiger partial charge in [-0.15, -0.1) is 0 Å². The second-order valence-corrected chi connectivity index (χ2v) is 4.53. The summed E-state index contributed by atoms with van der Waals surface area (Å²) in [5.74, 6) is 0.475. The summed E-state index contributed by atoms with van der Waals surface area (Å²) in [7, 11) is 3.35. The largest absolute Gasteiger partial charge is 0.375 e. The van der Waals surface area contributed by atoms with Crippen LogP contribution in [0.2, 0.25) is 0 Å². The molecule has 0 saturated carbocycles. The van der Waals surface area contributed by atoms with E-state index in [9.17, 15) is 4.39 Å². The van der Waals surface area contributed by atoms with E-state index in [1.54, 1.807) is 26.3 Å². The van der Waals surface area contributed by atoms with Gasteiger partial charge in [0.2, 0.25) is 0 Å². The molecule has 0 bridgehead atoms. The Kier molecular flexibility index (Phi) is 6.29. The van der Waals surface area contributed by atoms with Crippen molar-refractivity contribution in [3.8, 4) is 0 Å². The lowest BCUT2D eigenvalue weighted by Gasteiger charge is -2.19. The molecule has 1 rings (SSSR count). The van der Waals surface area contributed by atoms with Crippen LogP contribution in [0.25, 0.3) is 0 Å². The van der Waals surface area contributed by atoms with E-state index < -0.39 is 0 Å². The average molecular weight is 267 g/mol. The smallest absolute Gasteiger partial charge is 0.191 e. The average Bonchev–Trinajstić information content (AvgIpc) is 2.39. The van der Waals surface area contributed by atoms with Crippen LogP contribution in [0.3, 0.4) is 0 Å². The third-order valence-corrected chi connectivity index (χ3v) is 2.63. The SMILES string of the molecule is CN=C(NCC(OC)c1ccc(F)cc1)NC(C)C. The first-order valence-corrected chi connectivity index (χ1v) is 6.32. The van der Waals surface area contributed by atoms with E-state index in [1.807, 2.05) is 13.8 Å². The number of aliphatic imine (C=N–C) groups is 1. The molecule has 5 heteroatoms. The molecule has 0 aromatic heterocycles. The van der Waals surface area contributed by atoms with Crippen LogP contribution in [0.15, 0.2) is 29.3 Å². The fourth-order valence-electron chi connectivity index (χ4n) is 1.67. The standard InChI is InChI=1S/C14H22FN3O/c1-10(2)18-14(16-3)17-9-13(19-4)11-5-7-12(15)8-6-11/h5-8,10,13H,9H2,1-4H3,(H2,16,17,18). The van der Waals surface area contributed by atoms with Crippen LogP contribution in [0.5, 0.6) is 0 Å². The summed E-state index contributed by atoms with van der Waals surface area (Å²) >= 11 is 0. The van der Waals surface area contributed by atoms with E-state index in [-0.39, 0.29) is 11.9 Å². The highest BCUT2D eigenvalue weighted by Crippen LogP contribution is 2.15. The van der Waals surface area contributed by atoms with Crippen molar-refractivity contribution in [3.63, 3.8) is 0 Å². The number of rotatable bonds is 5. The molecule has 0 spiro atoms. The van der Waals surface area contributed by atoms with E-state index in [2.05, 4.69) is 15.6 Å². The minimum Gasteiger partial charge on any atom is -0.375 e. The van der Waals surface area contributed by atoms with Crippen LogP contribution in [-0.2, 0) is 4.74 Å². The molecule has 106 valence electrons. The predicted molar refractivity (Wildman–Crippen MR) is 75.8 cm³/mol. The molecule has 2 N–H and O–H groups in total. The van der Waals surface area contributed by atoms with E-state index in [0.717, 1.165) is 11.5 Å². The summed E-state index contributed by atoms with van der Waals surface area (Å²) in [6, 6.07) is 6.62. The van der Waals surface area contributed by atoms with Gasteiger partial charge in [0.1, 0.15) is 5.82 Å². The van der Waals surface area contributed by atoms with Crippen molar-refractivity contribution in [2.75, 3.05) is 20.7 Å². The van der Waals surface area contributed by atoms with E-state index in [1.165, 1.54) is 12.1 Å². The fraction of sp³-hybridized carbons (Fsp3) is 0.500. The molecule has 0 radical (unpaired) electrons. The third-order valence-electron chi connectivity index (χ3n) is 2.63. The molecule has 19 heavy (non-hydrogen) atoms. The highest BCUT2D eigenvalue weighted by molar-refractivity contribution is 5.79. The zero-order valence-corrected chi connectivity index (χ0v) is 11.9. The van der Waals surface area contributed by atoms with Gasteiger partial charge in [0, 0.05) is 26.7 Å². The van der Waals surface area contributed by atoms with Gasteiger partial charge in [-0.2, -0.15) is 0 Å². The van der Waals surface area contributed by atoms with Crippen molar-refractivity contribution in [2.24, 2.45) is 4.99 Å². The van der Waals surface area contributed by atoms with Crippen LogP contribution in [0.4, 0.5) is 4.39 Å². The first-order valence-electron chi connectivity index (χ1n) is 6.32. The van der Waals surface area contributed by atoms with Crippen molar-refractivity contribution in [1.82, 2.24) is 10.6 Å². The minimum absolute atomic E-state index is 0.147. The lowest BCUT2D eigenvalue weighted by atomic mass is 10.1. The lowest BCUT2D eigenvalue weighted by Crippen LogP contribution is -2.42. The van der Waals surface area contributed by atoms with Crippen molar-refractivity contribution in [3.05, 3.63) is 35.6 Å². The molecule has 0 fully saturated rings. The van der Waals surface area contributed by atoms with Gasteiger partial charge in [-0.3, -0.25) is 4.99 Å². The van der Waals surface area contributed by atoms with Crippen LogP contribution in [0.1, 0.15) is 25.5 Å². The molecule has 0 amide bonds. The van der Waals surface area contributed by atoms with Crippen molar-refractivity contribution >= 4 is 5.96 Å². The maximum absolute atomic E-state index is 12.9. The Morgan fingerprint density at radius 1 is 1.32 bits per heavy atom. The molecule has 0 aliphatic carbocycles. The second kappa shape index (κ2) is 7.74. The molecule has 1 aromatic carbocycles. The Hall–Kier alpha value is -1.62. The first-order chi connectivity index (χ1) is 9.06. The first kappa shape index (κ1) is 15.4. The van der Waals surface area contributed by atoms with E-state index >= 15 is 0 Å². The van der Waals surface area contributed by atoms with E-state index in [4.69, 9.17) is 4.74 Å². The van der Waals surface area contributed by atoms with Crippen molar-refractivity contribution in [1.29, 1.82) is 0 Å². The van der Waals surface area contributed by atoms with Gasteiger partial charge < -0.3 is 15.4 Å². The van der Waals surface area contributed by atoms with Crippen molar-refractivity contribution in [2.45, 2.75) is 26.0 Å². The number of ether oxygens (including phenoxy) is 1. The summed E-state index contributed by atoms with van der Waals surface area (Å²) < 4.78 is 18.3.